The van der Waals surface area contributed by atoms with Crippen LogP contribution in [0.3, 0.4) is 0 Å². The summed E-state index contributed by atoms with van der Waals surface area (Å²) in [5.74, 6) is 0. The molecule has 1 N–H and O–H groups in total. The Morgan fingerprint density at radius 1 is 1.67 bits per heavy atom. The topological polar surface area (TPSA) is 39.1 Å². The smallest absolute Gasteiger partial charge is 0.0623 e. The van der Waals surface area contributed by atoms with Crippen molar-refractivity contribution in [1.29, 1.82) is 0 Å². The van der Waals surface area contributed by atoms with Crippen molar-refractivity contribution in [3.63, 3.8) is 0 Å². The molecular formula is C10H18IN3O. The van der Waals surface area contributed by atoms with Crippen molar-refractivity contribution in [2.75, 3.05) is 26.8 Å². The molecule has 0 aliphatic rings. The van der Waals surface area contributed by atoms with Gasteiger partial charge in [0.2, 0.25) is 0 Å². The van der Waals surface area contributed by atoms with Crippen LogP contribution in [-0.4, -0.2) is 36.6 Å². The first-order valence-corrected chi connectivity index (χ1v) is 6.21. The number of methoxy groups -OCH3 is 1. The van der Waals surface area contributed by atoms with E-state index in [0.717, 1.165) is 26.1 Å². The molecule has 0 amide bonds. The number of hydrogen-bond donors (Lipinski definition) is 1. The minimum Gasteiger partial charge on any atom is -0.385 e. The van der Waals surface area contributed by atoms with E-state index in [1.54, 1.807) is 7.11 Å². The highest BCUT2D eigenvalue weighted by atomic mass is 127. The molecule has 0 saturated heterocycles. The van der Waals surface area contributed by atoms with E-state index < -0.39 is 0 Å². The summed E-state index contributed by atoms with van der Waals surface area (Å²) < 4.78 is 8.15. The quantitative estimate of drug-likeness (QED) is 0.613. The molecule has 1 unspecified atom stereocenters. The summed E-state index contributed by atoms with van der Waals surface area (Å²) in [6.45, 7) is 4.92. The van der Waals surface area contributed by atoms with E-state index in [0.29, 0.717) is 6.04 Å². The van der Waals surface area contributed by atoms with Gasteiger partial charge < -0.3 is 10.1 Å². The molecule has 0 spiro atoms. The molecule has 0 radical (unpaired) electrons. The number of hydrogen-bond acceptors (Lipinski definition) is 3. The van der Waals surface area contributed by atoms with Gasteiger partial charge in [-0.25, -0.2) is 0 Å². The number of halogens is 1. The number of aromatic nitrogens is 2. The second-order valence-electron chi connectivity index (χ2n) is 3.54. The molecule has 0 aromatic carbocycles. The molecule has 0 aliphatic carbocycles. The van der Waals surface area contributed by atoms with Crippen LogP contribution in [-0.2, 0) is 4.74 Å². The first-order valence-electron chi connectivity index (χ1n) is 5.13. The van der Waals surface area contributed by atoms with Gasteiger partial charge in [-0.15, -0.1) is 0 Å². The van der Waals surface area contributed by atoms with Gasteiger partial charge in [0, 0.05) is 26.5 Å². The second kappa shape index (κ2) is 7.19. The Kier molecular flexibility index (Phi) is 6.19. The zero-order valence-corrected chi connectivity index (χ0v) is 11.4. The monoisotopic (exact) mass is 323 g/mol. The van der Waals surface area contributed by atoms with Crippen LogP contribution >= 0.6 is 22.6 Å². The molecule has 1 aromatic heterocycles. The normalized spacial score (nSPS) is 13.0. The fourth-order valence-corrected chi connectivity index (χ4v) is 1.71. The van der Waals surface area contributed by atoms with Crippen LogP contribution in [0, 0.1) is 3.57 Å². The van der Waals surface area contributed by atoms with Crippen LogP contribution in [0.2, 0.25) is 0 Å². The average molecular weight is 323 g/mol. The lowest BCUT2D eigenvalue weighted by molar-refractivity contribution is 0.194. The number of ether oxygens (including phenoxy) is 1. The molecular weight excluding hydrogens is 305 g/mol. The Hall–Kier alpha value is -0.140. The first-order chi connectivity index (χ1) is 7.24. The van der Waals surface area contributed by atoms with Gasteiger partial charge in [-0.3, -0.25) is 4.68 Å². The standard InChI is InChI=1S/C10H18IN3O/c1-9(6-12-4-3-5-15-2)14-8-10(11)7-13-14/h7-9,12H,3-6H2,1-2H3. The molecule has 1 rings (SSSR count). The predicted octanol–water partition coefficient (Wildman–Crippen LogP) is 1.67. The minimum atomic E-state index is 0.399. The van der Waals surface area contributed by atoms with Crippen LogP contribution in [0.25, 0.3) is 0 Å². The van der Waals surface area contributed by atoms with Crippen molar-refractivity contribution in [3.05, 3.63) is 16.0 Å². The van der Waals surface area contributed by atoms with Gasteiger partial charge >= 0.3 is 0 Å². The molecule has 1 heterocycles. The Morgan fingerprint density at radius 3 is 3.07 bits per heavy atom. The molecule has 1 aromatic rings. The van der Waals surface area contributed by atoms with Crippen molar-refractivity contribution in [3.8, 4) is 0 Å². The van der Waals surface area contributed by atoms with Crippen molar-refractivity contribution in [2.45, 2.75) is 19.4 Å². The van der Waals surface area contributed by atoms with Gasteiger partial charge in [-0.2, -0.15) is 5.10 Å². The lowest BCUT2D eigenvalue weighted by Crippen LogP contribution is -2.25. The van der Waals surface area contributed by atoms with Crippen molar-refractivity contribution >= 4 is 22.6 Å². The maximum atomic E-state index is 4.98. The van der Waals surface area contributed by atoms with Crippen LogP contribution in [0.5, 0.6) is 0 Å². The zero-order valence-electron chi connectivity index (χ0n) is 9.24. The minimum absolute atomic E-state index is 0.399. The Bertz CT molecular complexity index is 277. The molecule has 4 nitrogen and oxygen atoms in total. The molecule has 0 aliphatic heterocycles. The van der Waals surface area contributed by atoms with Crippen molar-refractivity contribution < 1.29 is 4.74 Å². The van der Waals surface area contributed by atoms with Gasteiger partial charge in [0.25, 0.3) is 0 Å². The third kappa shape index (κ3) is 4.94. The highest BCUT2D eigenvalue weighted by Gasteiger charge is 2.04. The Morgan fingerprint density at radius 2 is 2.47 bits per heavy atom. The first kappa shape index (κ1) is 12.9. The highest BCUT2D eigenvalue weighted by Crippen LogP contribution is 2.07. The van der Waals surface area contributed by atoms with Crippen molar-refractivity contribution in [1.82, 2.24) is 15.1 Å². The summed E-state index contributed by atoms with van der Waals surface area (Å²) >= 11 is 2.27. The molecule has 0 fully saturated rings. The summed E-state index contributed by atoms with van der Waals surface area (Å²) in [5, 5.41) is 7.66. The summed E-state index contributed by atoms with van der Waals surface area (Å²) in [7, 11) is 1.73. The van der Waals surface area contributed by atoms with Gasteiger partial charge in [0.1, 0.15) is 0 Å². The fraction of sp³-hybridized carbons (Fsp3) is 0.700. The molecule has 15 heavy (non-hydrogen) atoms. The summed E-state index contributed by atoms with van der Waals surface area (Å²) in [6, 6.07) is 0.399. The predicted molar refractivity (Wildman–Crippen MR) is 69.0 cm³/mol. The van der Waals surface area contributed by atoms with E-state index in [9.17, 15) is 0 Å². The third-order valence-corrected chi connectivity index (χ3v) is 2.72. The maximum absolute atomic E-state index is 4.98. The number of rotatable bonds is 7. The second-order valence-corrected chi connectivity index (χ2v) is 4.78. The van der Waals surface area contributed by atoms with Gasteiger partial charge in [0.15, 0.2) is 0 Å². The van der Waals surface area contributed by atoms with E-state index in [1.807, 2.05) is 10.9 Å². The zero-order chi connectivity index (χ0) is 11.1. The van der Waals surface area contributed by atoms with E-state index in [-0.39, 0.29) is 0 Å². The van der Waals surface area contributed by atoms with Crippen LogP contribution in [0.15, 0.2) is 12.4 Å². The molecule has 0 bridgehead atoms. The average Bonchev–Trinajstić information content (AvgIpc) is 2.64. The van der Waals surface area contributed by atoms with Gasteiger partial charge in [-0.05, 0) is 42.5 Å². The summed E-state index contributed by atoms with van der Waals surface area (Å²) in [5.41, 5.74) is 0. The van der Waals surface area contributed by atoms with Crippen LogP contribution in [0.4, 0.5) is 0 Å². The van der Waals surface area contributed by atoms with Gasteiger partial charge in [-0.1, -0.05) is 0 Å². The summed E-state index contributed by atoms with van der Waals surface area (Å²) in [4.78, 5) is 0. The SMILES string of the molecule is COCCCNCC(C)n1cc(I)cn1. The van der Waals surface area contributed by atoms with Crippen LogP contribution < -0.4 is 5.32 Å². The van der Waals surface area contributed by atoms with Crippen LogP contribution in [0.1, 0.15) is 19.4 Å². The molecule has 0 saturated carbocycles. The Balaban J connectivity index is 2.16. The third-order valence-electron chi connectivity index (χ3n) is 2.16. The number of nitrogens with zero attached hydrogens (tertiary/aromatic N) is 2. The van der Waals surface area contributed by atoms with E-state index in [1.165, 1.54) is 3.57 Å². The highest BCUT2D eigenvalue weighted by molar-refractivity contribution is 14.1. The number of nitrogens with one attached hydrogen (secondary N) is 1. The van der Waals surface area contributed by atoms with Crippen molar-refractivity contribution in [2.24, 2.45) is 0 Å². The Labute approximate surface area is 105 Å². The lowest BCUT2D eigenvalue weighted by atomic mass is 10.3. The van der Waals surface area contributed by atoms with E-state index in [4.69, 9.17) is 4.74 Å². The molecule has 1 atom stereocenters. The maximum Gasteiger partial charge on any atom is 0.0623 e. The van der Waals surface area contributed by atoms with E-state index in [2.05, 4.69) is 46.1 Å². The molecule has 5 heteroatoms. The van der Waals surface area contributed by atoms with Gasteiger partial charge in [0.05, 0.1) is 15.8 Å². The van der Waals surface area contributed by atoms with E-state index >= 15 is 0 Å². The summed E-state index contributed by atoms with van der Waals surface area (Å²) in [6.07, 6.45) is 4.99. The fourth-order valence-electron chi connectivity index (χ4n) is 1.30. The molecule has 86 valence electrons. The lowest BCUT2D eigenvalue weighted by Gasteiger charge is -2.12. The largest absolute Gasteiger partial charge is 0.385 e.